The van der Waals surface area contributed by atoms with E-state index in [4.69, 9.17) is 21.3 Å². The van der Waals surface area contributed by atoms with Crippen LogP contribution in [0, 0.1) is 16.7 Å². The first-order valence-electron chi connectivity index (χ1n) is 20.3. The second-order valence-corrected chi connectivity index (χ2v) is 17.4. The molecule has 1 N–H and O–H groups in total. The highest BCUT2D eigenvalue weighted by molar-refractivity contribution is 6.32. The summed E-state index contributed by atoms with van der Waals surface area (Å²) in [5.41, 5.74) is 4.07. The van der Waals surface area contributed by atoms with E-state index < -0.39 is 29.7 Å². The van der Waals surface area contributed by atoms with Crippen LogP contribution >= 0.6 is 11.6 Å². The van der Waals surface area contributed by atoms with Gasteiger partial charge in [-0.3, -0.25) is 34.3 Å². The Morgan fingerprint density at radius 1 is 0.862 bits per heavy atom. The molecule has 1 spiro atoms. The summed E-state index contributed by atoms with van der Waals surface area (Å²) in [5, 5.41) is 12.1. The highest BCUT2D eigenvalue weighted by atomic mass is 35.5. The number of imide groups is 2. The van der Waals surface area contributed by atoms with Crippen LogP contribution in [0.15, 0.2) is 54.7 Å². The maximum absolute atomic E-state index is 13.4. The third kappa shape index (κ3) is 6.82. The molecule has 14 nitrogen and oxygen atoms in total. The maximum Gasteiger partial charge on any atom is 0.262 e. The second kappa shape index (κ2) is 14.9. The van der Waals surface area contributed by atoms with Gasteiger partial charge in [-0.05, 0) is 86.6 Å². The van der Waals surface area contributed by atoms with E-state index in [1.807, 2.05) is 30.5 Å². The molecule has 302 valence electrons. The lowest BCUT2D eigenvalue weighted by Crippen LogP contribution is -2.68. The van der Waals surface area contributed by atoms with Crippen LogP contribution in [0.4, 0.5) is 22.9 Å². The molecule has 1 aromatic heterocycles. The minimum absolute atomic E-state index is 0.0855. The van der Waals surface area contributed by atoms with Crippen molar-refractivity contribution in [2.24, 2.45) is 5.41 Å². The molecule has 5 saturated heterocycles. The normalized spacial score (nSPS) is 24.3. The van der Waals surface area contributed by atoms with Gasteiger partial charge in [0, 0.05) is 83.3 Å². The summed E-state index contributed by atoms with van der Waals surface area (Å²) in [4.78, 5) is 68.4. The zero-order valence-corrected chi connectivity index (χ0v) is 33.7. The van der Waals surface area contributed by atoms with Gasteiger partial charge in [0.25, 0.3) is 11.8 Å². The van der Waals surface area contributed by atoms with Crippen molar-refractivity contribution in [1.82, 2.24) is 20.1 Å². The van der Waals surface area contributed by atoms with Crippen LogP contribution in [0.1, 0.15) is 65.3 Å². The topological polar surface area (TPSA) is 146 Å². The van der Waals surface area contributed by atoms with Crippen LogP contribution in [0.5, 0.6) is 0 Å². The van der Waals surface area contributed by atoms with Crippen LogP contribution in [0.2, 0.25) is 5.02 Å². The van der Waals surface area contributed by atoms with E-state index in [1.165, 1.54) is 5.69 Å². The molecular formula is C43H48ClN9O5. The van der Waals surface area contributed by atoms with Crippen molar-refractivity contribution < 1.29 is 23.9 Å². The maximum atomic E-state index is 13.4. The fraction of sp³-hybridized carbons (Fsp3) is 0.488. The number of carbonyl (C=O) groups excluding carboxylic acids is 4. The average Bonchev–Trinajstić information content (AvgIpc) is 3.67. The summed E-state index contributed by atoms with van der Waals surface area (Å²) >= 11 is 6.39. The van der Waals surface area contributed by atoms with Crippen molar-refractivity contribution in [3.8, 4) is 6.07 Å². The van der Waals surface area contributed by atoms with Gasteiger partial charge in [0.2, 0.25) is 11.8 Å². The van der Waals surface area contributed by atoms with Gasteiger partial charge in [-0.1, -0.05) is 11.6 Å². The van der Waals surface area contributed by atoms with Crippen molar-refractivity contribution in [2.45, 2.75) is 56.7 Å². The molecule has 15 heteroatoms. The Morgan fingerprint density at radius 2 is 1.59 bits per heavy atom. The lowest BCUT2D eigenvalue weighted by molar-refractivity contribution is -0.136. The molecule has 3 aromatic rings. The third-order valence-corrected chi connectivity index (χ3v) is 13.8. The Hall–Kier alpha value is -5.23. The molecule has 58 heavy (non-hydrogen) atoms. The number of halogens is 1. The van der Waals surface area contributed by atoms with E-state index in [-0.39, 0.29) is 35.0 Å². The van der Waals surface area contributed by atoms with Gasteiger partial charge in [-0.25, -0.2) is 4.98 Å². The zero-order chi connectivity index (χ0) is 40.3. The summed E-state index contributed by atoms with van der Waals surface area (Å²) in [6.45, 7) is 10.9. The number of aromatic nitrogens is 1. The first-order valence-corrected chi connectivity index (χ1v) is 20.7. The first kappa shape index (κ1) is 38.3. The number of amides is 4. The molecule has 2 aromatic carbocycles. The van der Waals surface area contributed by atoms with Crippen molar-refractivity contribution in [1.29, 1.82) is 5.26 Å². The number of nitriles is 1. The number of piperazine rings is 1. The monoisotopic (exact) mass is 805 g/mol. The van der Waals surface area contributed by atoms with Crippen molar-refractivity contribution >= 4 is 58.1 Å². The Labute approximate surface area is 343 Å². The minimum atomic E-state index is -0.985. The van der Waals surface area contributed by atoms with Gasteiger partial charge < -0.3 is 24.3 Å². The number of piperidine rings is 2. The number of fused-ring (bicyclic) bond motifs is 1. The number of hydrogen-bond donors (Lipinski definition) is 1. The molecule has 4 amide bonds. The number of benzene rings is 2. The molecule has 1 unspecified atom stereocenters. The van der Waals surface area contributed by atoms with Crippen LogP contribution in [0.25, 0.3) is 0 Å². The number of methoxy groups -OCH3 is 1. The highest BCUT2D eigenvalue weighted by Crippen LogP contribution is 2.46. The summed E-state index contributed by atoms with van der Waals surface area (Å²) in [5.74, 6) is -1.02. The average molecular weight is 806 g/mol. The fourth-order valence-electron chi connectivity index (χ4n) is 10.1. The number of ether oxygens (including phenoxy) is 1. The molecule has 9 rings (SSSR count). The minimum Gasteiger partial charge on any atom is -0.373 e. The smallest absolute Gasteiger partial charge is 0.262 e. The first-order chi connectivity index (χ1) is 28.0. The van der Waals surface area contributed by atoms with E-state index in [2.05, 4.69) is 54.9 Å². The molecule has 7 heterocycles. The van der Waals surface area contributed by atoms with Crippen LogP contribution in [-0.4, -0.2) is 129 Å². The van der Waals surface area contributed by atoms with Crippen LogP contribution in [0.3, 0.4) is 0 Å². The van der Waals surface area contributed by atoms with Crippen LogP contribution < -0.4 is 24.9 Å². The number of hydrogen-bond acceptors (Lipinski definition) is 12. The molecule has 0 bridgehead atoms. The Morgan fingerprint density at radius 3 is 2.26 bits per heavy atom. The van der Waals surface area contributed by atoms with Gasteiger partial charge in [0.15, 0.2) is 0 Å². The summed E-state index contributed by atoms with van der Waals surface area (Å²) in [6, 6.07) is 17.0. The summed E-state index contributed by atoms with van der Waals surface area (Å²) in [7, 11) is 1.75. The summed E-state index contributed by atoms with van der Waals surface area (Å²) < 4.78 is 6.10. The third-order valence-electron chi connectivity index (χ3n) is 13.5. The summed E-state index contributed by atoms with van der Waals surface area (Å²) in [6.07, 6.45) is 5.65. The number of carbonyl (C=O) groups is 4. The largest absolute Gasteiger partial charge is 0.373 e. The molecule has 6 aliphatic rings. The number of rotatable bonds is 8. The lowest BCUT2D eigenvalue weighted by atomic mass is 9.76. The van der Waals surface area contributed by atoms with Crippen molar-refractivity contribution in [3.63, 3.8) is 0 Å². The molecule has 0 aliphatic carbocycles. The SMILES string of the molecule is COC1(CN2CCN(c3ccc(N4CCC5(CC4)C[C@H](C)N(c4ccc(C#N)c(Cl)c4)C5)cn3)CC2)CN(c2ccc3c(c2)C(=O)N(C2CCC(=O)NC2=O)C3=O)C1. The van der Waals surface area contributed by atoms with Gasteiger partial charge in [-0.2, -0.15) is 5.26 Å². The molecule has 0 saturated carbocycles. The number of nitrogens with one attached hydrogen (secondary N) is 1. The number of nitrogens with zero attached hydrogens (tertiary/aromatic N) is 8. The number of pyridine rings is 1. The lowest BCUT2D eigenvalue weighted by Gasteiger charge is -2.52. The highest BCUT2D eigenvalue weighted by Gasteiger charge is 2.48. The van der Waals surface area contributed by atoms with E-state index in [1.54, 1.807) is 19.2 Å². The predicted octanol–water partition coefficient (Wildman–Crippen LogP) is 3.92. The zero-order valence-electron chi connectivity index (χ0n) is 33.0. The van der Waals surface area contributed by atoms with Gasteiger partial charge >= 0.3 is 0 Å². The molecule has 5 fully saturated rings. The van der Waals surface area contributed by atoms with E-state index in [0.29, 0.717) is 29.7 Å². The predicted molar refractivity (Wildman–Crippen MR) is 219 cm³/mol. The van der Waals surface area contributed by atoms with E-state index in [9.17, 15) is 24.4 Å². The molecule has 2 atom stereocenters. The standard InChI is InChI=1S/C43H48ClN9O5/c1-28-21-42(24-52(28)31-4-3-29(22-45)35(44)20-31)11-13-49(14-12-42)32-6-9-37(46-23-32)50-17-15-48(16-18-50)25-43(58-2)26-51(27-43)30-5-7-33-34(19-30)41(57)53(40(33)56)36-8-10-38(54)47-39(36)55/h3-7,9,19-20,23,28,36H,8,10-18,21,24-27H2,1-2H3,(H,47,54,55)/t28-,36?/m0/s1. The van der Waals surface area contributed by atoms with E-state index in [0.717, 1.165) is 93.7 Å². The molecule has 0 radical (unpaired) electrons. The number of anilines is 4. The fourth-order valence-corrected chi connectivity index (χ4v) is 10.3. The molecular weight excluding hydrogens is 758 g/mol. The second-order valence-electron chi connectivity index (χ2n) is 17.0. The van der Waals surface area contributed by atoms with Gasteiger partial charge in [0.1, 0.15) is 23.5 Å². The van der Waals surface area contributed by atoms with Gasteiger partial charge in [0.05, 0.1) is 46.7 Å². The Balaban J connectivity index is 0.750. The van der Waals surface area contributed by atoms with Crippen molar-refractivity contribution in [3.05, 3.63) is 76.4 Å². The molecule has 6 aliphatic heterocycles. The van der Waals surface area contributed by atoms with E-state index >= 15 is 0 Å². The van der Waals surface area contributed by atoms with Crippen molar-refractivity contribution in [2.75, 3.05) is 92.2 Å². The quantitative estimate of drug-likeness (QED) is 0.330. The van der Waals surface area contributed by atoms with Gasteiger partial charge in [-0.15, -0.1) is 0 Å². The Bertz CT molecular complexity index is 2190. The van der Waals surface area contributed by atoms with Crippen LogP contribution in [-0.2, 0) is 14.3 Å². The Kier molecular flexibility index (Phi) is 9.81.